The highest BCUT2D eigenvalue weighted by atomic mass is 16.2. The molecule has 1 amide bonds. The first kappa shape index (κ1) is 15.0. The molecule has 21 heavy (non-hydrogen) atoms. The average molecular weight is 284 g/mol. The standard InChI is InChI=1S/C16H20N4O/c1-11-5-7-15(8-6-11)10-20-13(3)16(12(2)19-20)9-17-18-14(4)21/h5-9H,10H2,1-4H3,(H,18,21). The van der Waals surface area contributed by atoms with E-state index in [1.807, 2.05) is 18.5 Å². The first-order valence-electron chi connectivity index (χ1n) is 6.86. The SMILES string of the molecule is CC(=O)NN=Cc1c(C)nn(Cc2ccc(C)cc2)c1C. The molecule has 0 saturated heterocycles. The van der Waals surface area contributed by atoms with Crippen molar-refractivity contribution in [2.45, 2.75) is 34.2 Å². The van der Waals surface area contributed by atoms with Crippen LogP contribution in [-0.4, -0.2) is 21.9 Å². The number of aromatic nitrogens is 2. The van der Waals surface area contributed by atoms with Crippen LogP contribution >= 0.6 is 0 Å². The lowest BCUT2D eigenvalue weighted by atomic mass is 10.1. The number of aryl methyl sites for hydroxylation is 2. The van der Waals surface area contributed by atoms with Crippen LogP contribution in [0.3, 0.4) is 0 Å². The lowest BCUT2D eigenvalue weighted by molar-refractivity contribution is -0.118. The highest BCUT2D eigenvalue weighted by Crippen LogP contribution is 2.13. The fraction of sp³-hybridized carbons (Fsp3) is 0.312. The third-order valence-electron chi connectivity index (χ3n) is 3.31. The van der Waals surface area contributed by atoms with E-state index < -0.39 is 0 Å². The van der Waals surface area contributed by atoms with Crippen LogP contribution in [0.4, 0.5) is 0 Å². The van der Waals surface area contributed by atoms with Crippen LogP contribution in [-0.2, 0) is 11.3 Å². The maximum atomic E-state index is 10.8. The second-order valence-electron chi connectivity index (χ2n) is 5.15. The molecule has 0 unspecified atom stereocenters. The lowest BCUT2D eigenvalue weighted by Crippen LogP contribution is -2.12. The number of nitrogens with zero attached hydrogens (tertiary/aromatic N) is 3. The van der Waals surface area contributed by atoms with Crippen molar-refractivity contribution in [2.24, 2.45) is 5.10 Å². The summed E-state index contributed by atoms with van der Waals surface area (Å²) in [5, 5.41) is 8.46. The summed E-state index contributed by atoms with van der Waals surface area (Å²) in [4.78, 5) is 10.8. The molecular weight excluding hydrogens is 264 g/mol. The molecule has 0 aliphatic carbocycles. The molecule has 0 spiro atoms. The van der Waals surface area contributed by atoms with Gasteiger partial charge >= 0.3 is 0 Å². The fourth-order valence-electron chi connectivity index (χ4n) is 2.11. The molecule has 110 valence electrons. The van der Waals surface area contributed by atoms with Crippen molar-refractivity contribution in [2.75, 3.05) is 0 Å². The first-order chi connectivity index (χ1) is 9.97. The molecule has 0 fully saturated rings. The lowest BCUT2D eigenvalue weighted by Gasteiger charge is -2.05. The summed E-state index contributed by atoms with van der Waals surface area (Å²) in [7, 11) is 0. The Hall–Kier alpha value is -2.43. The molecule has 1 N–H and O–H groups in total. The van der Waals surface area contributed by atoms with E-state index in [-0.39, 0.29) is 5.91 Å². The van der Waals surface area contributed by atoms with Crippen LogP contribution < -0.4 is 5.43 Å². The molecule has 2 aromatic rings. The van der Waals surface area contributed by atoms with Gasteiger partial charge in [0.25, 0.3) is 0 Å². The van der Waals surface area contributed by atoms with Gasteiger partial charge in [-0.2, -0.15) is 10.2 Å². The molecule has 1 heterocycles. The van der Waals surface area contributed by atoms with Crippen molar-refractivity contribution in [1.29, 1.82) is 0 Å². The Kier molecular flexibility index (Phi) is 4.52. The number of benzene rings is 1. The van der Waals surface area contributed by atoms with Gasteiger partial charge in [0.1, 0.15) is 0 Å². The normalized spacial score (nSPS) is 11.0. The van der Waals surface area contributed by atoms with Gasteiger partial charge in [0, 0.05) is 18.2 Å². The molecule has 0 bridgehead atoms. The first-order valence-corrected chi connectivity index (χ1v) is 6.86. The molecule has 1 aromatic heterocycles. The van der Waals surface area contributed by atoms with Crippen molar-refractivity contribution in [1.82, 2.24) is 15.2 Å². The van der Waals surface area contributed by atoms with Crippen molar-refractivity contribution >= 4 is 12.1 Å². The van der Waals surface area contributed by atoms with Gasteiger partial charge in [-0.3, -0.25) is 9.48 Å². The predicted octanol–water partition coefficient (Wildman–Crippen LogP) is 2.33. The fourth-order valence-corrected chi connectivity index (χ4v) is 2.11. The van der Waals surface area contributed by atoms with Crippen LogP contribution in [0.5, 0.6) is 0 Å². The second kappa shape index (κ2) is 6.35. The van der Waals surface area contributed by atoms with E-state index >= 15 is 0 Å². The van der Waals surface area contributed by atoms with E-state index in [0.29, 0.717) is 0 Å². The summed E-state index contributed by atoms with van der Waals surface area (Å²) >= 11 is 0. The summed E-state index contributed by atoms with van der Waals surface area (Å²) in [5.74, 6) is -0.186. The van der Waals surface area contributed by atoms with Gasteiger partial charge in [-0.1, -0.05) is 29.8 Å². The number of hydrogen-bond acceptors (Lipinski definition) is 3. The van der Waals surface area contributed by atoms with E-state index in [9.17, 15) is 4.79 Å². The Morgan fingerprint density at radius 2 is 1.95 bits per heavy atom. The molecule has 5 nitrogen and oxygen atoms in total. The van der Waals surface area contributed by atoms with E-state index in [4.69, 9.17) is 0 Å². The summed E-state index contributed by atoms with van der Waals surface area (Å²) in [6.07, 6.45) is 1.64. The molecule has 1 aromatic carbocycles. The molecular formula is C16H20N4O. The van der Waals surface area contributed by atoms with Gasteiger partial charge in [0.2, 0.25) is 5.91 Å². The smallest absolute Gasteiger partial charge is 0.236 e. The third-order valence-corrected chi connectivity index (χ3v) is 3.31. The molecule has 0 radical (unpaired) electrons. The summed E-state index contributed by atoms with van der Waals surface area (Å²) in [5.41, 5.74) is 7.73. The summed E-state index contributed by atoms with van der Waals surface area (Å²) in [6.45, 7) is 8.17. The van der Waals surface area contributed by atoms with Crippen LogP contribution in [0.2, 0.25) is 0 Å². The minimum atomic E-state index is -0.186. The molecule has 0 atom stereocenters. The zero-order valence-corrected chi connectivity index (χ0v) is 12.8. The van der Waals surface area contributed by atoms with E-state index in [1.54, 1.807) is 6.21 Å². The number of nitrogens with one attached hydrogen (secondary N) is 1. The number of rotatable bonds is 4. The van der Waals surface area contributed by atoms with Gasteiger partial charge < -0.3 is 0 Å². The van der Waals surface area contributed by atoms with Gasteiger partial charge in [-0.25, -0.2) is 5.43 Å². The van der Waals surface area contributed by atoms with Crippen molar-refractivity contribution in [3.63, 3.8) is 0 Å². The zero-order valence-electron chi connectivity index (χ0n) is 12.8. The maximum Gasteiger partial charge on any atom is 0.236 e. The van der Waals surface area contributed by atoms with Gasteiger partial charge in [-0.05, 0) is 26.3 Å². The number of carbonyl (C=O) groups is 1. The van der Waals surface area contributed by atoms with Crippen LogP contribution in [0.25, 0.3) is 0 Å². The minimum Gasteiger partial charge on any atom is -0.274 e. The number of hydrazone groups is 1. The maximum absolute atomic E-state index is 10.8. The highest BCUT2D eigenvalue weighted by molar-refractivity contribution is 5.84. The van der Waals surface area contributed by atoms with Crippen LogP contribution in [0.1, 0.15) is 35.0 Å². The van der Waals surface area contributed by atoms with E-state index in [0.717, 1.165) is 23.5 Å². The van der Waals surface area contributed by atoms with Crippen molar-refractivity contribution in [3.05, 3.63) is 52.3 Å². The quantitative estimate of drug-likeness (QED) is 0.692. The number of amides is 1. The number of carbonyl (C=O) groups excluding carboxylic acids is 1. The Morgan fingerprint density at radius 1 is 1.29 bits per heavy atom. The summed E-state index contributed by atoms with van der Waals surface area (Å²) in [6, 6.07) is 8.41. The van der Waals surface area contributed by atoms with Crippen molar-refractivity contribution < 1.29 is 4.79 Å². The topological polar surface area (TPSA) is 59.3 Å². The molecule has 0 aliphatic rings. The monoisotopic (exact) mass is 284 g/mol. The molecule has 0 saturated carbocycles. The molecule has 2 rings (SSSR count). The van der Waals surface area contributed by atoms with E-state index in [2.05, 4.69) is 46.8 Å². The average Bonchev–Trinajstić information content (AvgIpc) is 2.68. The van der Waals surface area contributed by atoms with E-state index in [1.165, 1.54) is 18.1 Å². The van der Waals surface area contributed by atoms with Crippen LogP contribution in [0, 0.1) is 20.8 Å². The van der Waals surface area contributed by atoms with Gasteiger partial charge in [-0.15, -0.1) is 0 Å². The predicted molar refractivity (Wildman–Crippen MR) is 83.4 cm³/mol. The Morgan fingerprint density at radius 3 is 2.57 bits per heavy atom. The van der Waals surface area contributed by atoms with Crippen LogP contribution in [0.15, 0.2) is 29.4 Å². The zero-order chi connectivity index (χ0) is 15.4. The Balaban J connectivity index is 2.20. The third kappa shape index (κ3) is 3.78. The van der Waals surface area contributed by atoms with Gasteiger partial charge in [0.15, 0.2) is 0 Å². The summed E-state index contributed by atoms with van der Waals surface area (Å²) < 4.78 is 1.95. The molecule has 5 heteroatoms. The Bertz CT molecular complexity index is 668. The highest BCUT2D eigenvalue weighted by Gasteiger charge is 2.10. The van der Waals surface area contributed by atoms with Gasteiger partial charge in [0.05, 0.1) is 18.5 Å². The second-order valence-corrected chi connectivity index (χ2v) is 5.15. The Labute approximate surface area is 124 Å². The number of hydrogen-bond donors (Lipinski definition) is 1. The molecule has 0 aliphatic heterocycles. The minimum absolute atomic E-state index is 0.186. The van der Waals surface area contributed by atoms with Crippen molar-refractivity contribution in [3.8, 4) is 0 Å². The largest absolute Gasteiger partial charge is 0.274 e.